The number of ether oxygens (including phenoxy) is 1. The molecule has 3 heterocycles. The molecular formula is C75H108N16O21S2. The number of nitrogens with one attached hydrogen (secondary N) is 15. The van der Waals surface area contributed by atoms with E-state index in [0.717, 1.165) is 28.5 Å². The van der Waals surface area contributed by atoms with Crippen LogP contribution >= 0.6 is 21.6 Å². The normalized spacial score (nSPS) is 22.6. The molecule has 2 aromatic heterocycles. The number of rotatable bonds is 27. The molecular weight excluding hydrogens is 1530 g/mol. The van der Waals surface area contributed by atoms with Crippen molar-refractivity contribution in [3.8, 4) is 0 Å². The SMILES string of the molecule is C=CCOC(=O)N[C@@H](CC(=O)O)C(=O)N[C@H]1CSSC[C@@H](C(=O)N[C@H](C(=O)O)[C@@H](C)O)NC(=O)[C@H](Cc2c[nH]c3ccccc23)NC(=O)C[C@H](C(C)C)NC(=O)[C@H](CC(C)C)NC(=O)C[C@H](CCC(=O)O)NC(=O)CNC(=O)[C@H](CC(C)C)NC(=O)[C@H](CCCCN)NC(=O)[C@H](Cc2c[nH]c3ccccc23)NC(=O)[C@H](C)NC1=O. The molecule has 37 nitrogen and oxygen atoms in total. The van der Waals surface area contributed by atoms with Crippen LogP contribution in [0.4, 0.5) is 4.79 Å². The third kappa shape index (κ3) is 31.6. The number of alkyl carbamates (subject to hydrolysis) is 1. The lowest BCUT2D eigenvalue weighted by molar-refractivity contribution is -0.145. The molecule has 0 aliphatic carbocycles. The number of H-pyrrole nitrogens is 2. The minimum Gasteiger partial charge on any atom is -0.481 e. The lowest BCUT2D eigenvalue weighted by Crippen LogP contribution is -2.60. The summed E-state index contributed by atoms with van der Waals surface area (Å²) in [4.78, 5) is 229. The first kappa shape index (κ1) is 93.8. The van der Waals surface area contributed by atoms with Crippen molar-refractivity contribution in [2.75, 3.05) is 31.2 Å². The van der Waals surface area contributed by atoms with E-state index in [-0.39, 0.29) is 69.9 Å². The number of carboxylic acid groups (broad SMARTS) is 3. The van der Waals surface area contributed by atoms with Crippen LogP contribution in [0.2, 0.25) is 0 Å². The Kier molecular flexibility index (Phi) is 38.7. The second-order valence-corrected chi connectivity index (χ2v) is 31.5. The van der Waals surface area contributed by atoms with Gasteiger partial charge in [0.1, 0.15) is 61.0 Å². The smallest absolute Gasteiger partial charge is 0.408 e. The molecule has 626 valence electrons. The standard InChI is InChI=1S/C75H108N16O21S2/c1-10-25-112-75(111)90-56(32-63(98)99)71(106)88-57-36-113-114-37-58(73(108)91-64(42(9)92)74(109)110)89-69(104)54(28-43-33-77-48-19-13-11-17-46(43)48)83-60(94)31-51(40(6)7)85-68(103)53(27-39(4)5)82-59(93)30-45(22-23-62(96)97)81-61(95)35-79-66(101)52(26-38(2)3)87-67(102)50(21-15-16-24-76)84-70(105)55(86-65(100)41(8)80-72(57)107)29-44-34-78-49-20-14-12-18-47(44)49/h10-14,17-20,33-34,38-42,45,50-58,64,77-78,92H,1,15-16,21-32,35-37,76H2,2-9H3,(H,79,101)(H,80,107)(H,81,95)(H,82,93)(H,83,94)(H,84,105)(H,85,103)(H,86,100)(H,87,102)(H,88,106)(H,89,104)(H,90,111)(H,91,108)(H,96,97)(H,98,99)(H,109,110)/t41-,42+,45-,50-,51+,52-,53-,54-,55-,56-,57-,58-,64-/m0/s1. The second kappa shape index (κ2) is 47.0. The highest BCUT2D eigenvalue weighted by Gasteiger charge is 2.38. The van der Waals surface area contributed by atoms with E-state index in [9.17, 15) is 92.3 Å². The van der Waals surface area contributed by atoms with Crippen molar-refractivity contribution in [3.63, 3.8) is 0 Å². The minimum atomic E-state index is -1.96. The zero-order chi connectivity index (χ0) is 84.5. The summed E-state index contributed by atoms with van der Waals surface area (Å²) in [6, 6.07) is -4.58. The monoisotopic (exact) mass is 1630 g/mol. The fraction of sp³-hybridized carbons (Fsp3) is 0.547. The molecule has 2 aromatic carbocycles. The first-order valence-corrected chi connectivity index (χ1v) is 40.0. The van der Waals surface area contributed by atoms with Gasteiger partial charge in [-0.3, -0.25) is 67.1 Å². The van der Waals surface area contributed by atoms with Gasteiger partial charge in [-0.25, -0.2) is 9.59 Å². The van der Waals surface area contributed by atoms with E-state index in [0.29, 0.717) is 39.4 Å². The Bertz CT molecular complexity index is 4040. The Labute approximate surface area is 666 Å². The molecule has 0 unspecified atom stereocenters. The first-order chi connectivity index (χ1) is 54.0. The van der Waals surface area contributed by atoms with E-state index >= 15 is 4.79 Å². The minimum absolute atomic E-state index is 0.0114. The van der Waals surface area contributed by atoms with E-state index in [2.05, 4.69) is 85.7 Å². The molecule has 114 heavy (non-hydrogen) atoms. The Hall–Kier alpha value is -10.8. The van der Waals surface area contributed by atoms with Gasteiger partial charge < -0.3 is 110 Å². The summed E-state index contributed by atoms with van der Waals surface area (Å²) < 4.78 is 4.93. The van der Waals surface area contributed by atoms with Gasteiger partial charge in [0.05, 0.1) is 19.1 Å². The van der Waals surface area contributed by atoms with Gasteiger partial charge in [-0.2, -0.15) is 0 Å². The number of aromatic amines is 2. The number of hydrogen-bond acceptors (Lipinski definition) is 21. The van der Waals surface area contributed by atoms with Gasteiger partial charge in [-0.05, 0) is 99.9 Å². The number of carbonyl (C=O) groups is 16. The fourth-order valence-electron chi connectivity index (χ4n) is 12.1. The summed E-state index contributed by atoms with van der Waals surface area (Å²) in [5.41, 5.74) is 8.12. The van der Waals surface area contributed by atoms with Crippen LogP contribution in [0.5, 0.6) is 0 Å². The fourth-order valence-corrected chi connectivity index (χ4v) is 14.4. The number of aliphatic hydroxyl groups excluding tert-OH is 1. The van der Waals surface area contributed by atoms with Gasteiger partial charge in [0.25, 0.3) is 0 Å². The topological polar surface area (TPSA) is 577 Å². The number of unbranched alkanes of at least 4 members (excludes halogenated alkanes) is 1. The Morgan fingerprint density at radius 1 is 0.596 bits per heavy atom. The zero-order valence-electron chi connectivity index (χ0n) is 64.9. The summed E-state index contributed by atoms with van der Waals surface area (Å²) in [6.45, 7) is 15.2. The van der Waals surface area contributed by atoms with Crippen LogP contribution in [0.15, 0.2) is 73.6 Å². The van der Waals surface area contributed by atoms with Crippen LogP contribution in [-0.4, -0.2) is 235 Å². The molecule has 0 radical (unpaired) electrons. The lowest BCUT2D eigenvalue weighted by atomic mass is 9.97. The van der Waals surface area contributed by atoms with Crippen molar-refractivity contribution in [1.29, 1.82) is 0 Å². The molecule has 13 atom stereocenters. The lowest BCUT2D eigenvalue weighted by Gasteiger charge is -2.28. The molecule has 21 N–H and O–H groups in total. The van der Waals surface area contributed by atoms with E-state index in [1.165, 1.54) is 13.0 Å². The van der Waals surface area contributed by atoms with E-state index in [4.69, 9.17) is 10.5 Å². The van der Waals surface area contributed by atoms with E-state index in [1.807, 2.05) is 0 Å². The van der Waals surface area contributed by atoms with E-state index < -0.39 is 223 Å². The van der Waals surface area contributed by atoms with Gasteiger partial charge in [0, 0.05) is 89.9 Å². The average molecular weight is 1630 g/mol. The van der Waals surface area contributed by atoms with Gasteiger partial charge in [0.15, 0.2) is 6.04 Å². The summed E-state index contributed by atoms with van der Waals surface area (Å²) in [5, 5.41) is 74.6. The van der Waals surface area contributed by atoms with Gasteiger partial charge >= 0.3 is 24.0 Å². The number of hydrogen-bond donors (Lipinski definition) is 20. The number of carboxylic acids is 3. The van der Waals surface area contributed by atoms with Crippen molar-refractivity contribution in [2.45, 2.75) is 211 Å². The quantitative estimate of drug-likeness (QED) is 0.0213. The largest absolute Gasteiger partial charge is 0.481 e. The summed E-state index contributed by atoms with van der Waals surface area (Å²) in [6.07, 6.45) is -1.54. The maximum Gasteiger partial charge on any atom is 0.408 e. The van der Waals surface area contributed by atoms with Crippen LogP contribution in [0.1, 0.15) is 131 Å². The van der Waals surface area contributed by atoms with Crippen molar-refractivity contribution in [3.05, 3.63) is 84.7 Å². The van der Waals surface area contributed by atoms with Crippen molar-refractivity contribution >= 4 is 138 Å². The number of amides is 13. The highest BCUT2D eigenvalue weighted by molar-refractivity contribution is 8.76. The molecule has 13 amide bonds. The average Bonchev–Trinajstić information content (AvgIpc) is 1.66. The molecule has 4 aromatic rings. The predicted molar refractivity (Wildman–Crippen MR) is 422 cm³/mol. The van der Waals surface area contributed by atoms with E-state index in [1.54, 1.807) is 102 Å². The van der Waals surface area contributed by atoms with Gasteiger partial charge in [-0.15, -0.1) is 0 Å². The summed E-state index contributed by atoms with van der Waals surface area (Å²) in [7, 11) is 1.48. The summed E-state index contributed by atoms with van der Waals surface area (Å²) >= 11 is 0. The number of carbonyl (C=O) groups excluding carboxylic acids is 13. The molecule has 0 spiro atoms. The van der Waals surface area contributed by atoms with Crippen LogP contribution < -0.4 is 74.9 Å². The third-order valence-corrected chi connectivity index (χ3v) is 20.6. The van der Waals surface area contributed by atoms with Crippen LogP contribution in [-0.2, 0) is 89.5 Å². The second-order valence-electron chi connectivity index (χ2n) is 28.9. The summed E-state index contributed by atoms with van der Waals surface area (Å²) in [5.74, 6) is -18.2. The Balaban J connectivity index is 1.65. The number of fused-ring (bicyclic) bond motifs is 2. The number of aromatic nitrogens is 2. The molecule has 1 saturated heterocycles. The van der Waals surface area contributed by atoms with Crippen molar-refractivity contribution in [1.82, 2.24) is 79.1 Å². The molecule has 1 aliphatic heterocycles. The highest BCUT2D eigenvalue weighted by Crippen LogP contribution is 2.26. The molecule has 0 saturated carbocycles. The first-order valence-electron chi connectivity index (χ1n) is 37.5. The number of benzene rings is 2. The van der Waals surface area contributed by atoms with Crippen molar-refractivity contribution < 1.29 is 102 Å². The van der Waals surface area contributed by atoms with Gasteiger partial charge in [0.2, 0.25) is 70.9 Å². The third-order valence-electron chi connectivity index (χ3n) is 18.2. The van der Waals surface area contributed by atoms with Crippen LogP contribution in [0.3, 0.4) is 0 Å². The zero-order valence-corrected chi connectivity index (χ0v) is 66.6. The van der Waals surface area contributed by atoms with Crippen molar-refractivity contribution in [2.24, 2.45) is 23.5 Å². The maximum absolute atomic E-state index is 15.0. The molecule has 0 bridgehead atoms. The number of aliphatic carboxylic acids is 3. The Morgan fingerprint density at radius 3 is 1.69 bits per heavy atom. The number of aliphatic hydroxyl groups is 1. The molecule has 1 aliphatic rings. The Morgan fingerprint density at radius 2 is 1.13 bits per heavy atom. The highest BCUT2D eigenvalue weighted by atomic mass is 33.1. The molecule has 39 heteroatoms. The molecule has 1 fully saturated rings. The predicted octanol–water partition coefficient (Wildman–Crippen LogP) is 0.0414. The van der Waals surface area contributed by atoms with Crippen LogP contribution in [0.25, 0.3) is 21.8 Å². The molecule has 5 rings (SSSR count). The maximum atomic E-state index is 15.0. The number of nitrogens with two attached hydrogens (primary N) is 1. The van der Waals surface area contributed by atoms with Gasteiger partial charge in [-0.1, -0.05) is 112 Å². The van der Waals surface area contributed by atoms with Crippen LogP contribution in [0, 0.1) is 17.8 Å². The number of para-hydroxylation sites is 2.